The van der Waals surface area contributed by atoms with Crippen molar-refractivity contribution in [2.45, 2.75) is 45.6 Å². The van der Waals surface area contributed by atoms with Crippen molar-refractivity contribution in [1.82, 2.24) is 15.1 Å². The van der Waals surface area contributed by atoms with Crippen molar-refractivity contribution in [3.63, 3.8) is 0 Å². The van der Waals surface area contributed by atoms with Gasteiger partial charge in [0.1, 0.15) is 5.75 Å². The number of nitrogens with zero attached hydrogens (tertiary/aromatic N) is 2. The summed E-state index contributed by atoms with van der Waals surface area (Å²) in [6, 6.07) is 5.26. The van der Waals surface area contributed by atoms with Crippen LogP contribution >= 0.6 is 11.6 Å². The predicted molar refractivity (Wildman–Crippen MR) is 97.5 cm³/mol. The van der Waals surface area contributed by atoms with Crippen LogP contribution in [0.1, 0.15) is 49.4 Å². The van der Waals surface area contributed by atoms with Crippen LogP contribution in [0.25, 0.3) is 0 Å². The smallest absolute Gasteiger partial charge is 0.120 e. The first-order valence-electron chi connectivity index (χ1n) is 8.75. The number of halogens is 1. The molecule has 4 nitrogen and oxygen atoms in total. The van der Waals surface area contributed by atoms with Gasteiger partial charge in [-0.25, -0.2) is 0 Å². The molecule has 1 fully saturated rings. The van der Waals surface area contributed by atoms with Crippen molar-refractivity contribution < 1.29 is 5.11 Å². The molecule has 0 unspecified atom stereocenters. The van der Waals surface area contributed by atoms with Crippen LogP contribution in [0, 0.1) is 5.92 Å². The Morgan fingerprint density at radius 3 is 3.00 bits per heavy atom. The minimum Gasteiger partial charge on any atom is -0.508 e. The Kier molecular flexibility index (Phi) is 5.47. The summed E-state index contributed by atoms with van der Waals surface area (Å²) in [5.41, 5.74) is 3.54. The molecule has 0 aliphatic carbocycles. The van der Waals surface area contributed by atoms with Crippen LogP contribution < -0.4 is 0 Å². The van der Waals surface area contributed by atoms with Gasteiger partial charge in [-0.05, 0) is 55.5 Å². The van der Waals surface area contributed by atoms with E-state index in [0.717, 1.165) is 38.0 Å². The molecule has 1 aromatic carbocycles. The van der Waals surface area contributed by atoms with Crippen LogP contribution in [0.3, 0.4) is 0 Å². The lowest BCUT2D eigenvalue weighted by molar-refractivity contribution is 0.196. The second-order valence-corrected chi connectivity index (χ2v) is 7.69. The normalized spacial score (nSPS) is 19.1. The average Bonchev–Trinajstić information content (AvgIpc) is 2.98. The molecular weight excluding hydrogens is 322 g/mol. The van der Waals surface area contributed by atoms with Crippen molar-refractivity contribution in [3.8, 4) is 5.75 Å². The van der Waals surface area contributed by atoms with Gasteiger partial charge in [-0.2, -0.15) is 5.10 Å². The molecule has 3 rings (SSSR count). The number of hydrogen-bond acceptors (Lipinski definition) is 3. The third kappa shape index (κ3) is 4.11. The molecule has 0 radical (unpaired) electrons. The third-order valence-corrected chi connectivity index (χ3v) is 4.96. The second-order valence-electron chi connectivity index (χ2n) is 7.25. The van der Waals surface area contributed by atoms with E-state index in [9.17, 15) is 5.11 Å². The van der Waals surface area contributed by atoms with Gasteiger partial charge in [0.05, 0.1) is 6.20 Å². The zero-order valence-corrected chi connectivity index (χ0v) is 15.2. The van der Waals surface area contributed by atoms with Gasteiger partial charge in [0.15, 0.2) is 0 Å². The lowest BCUT2D eigenvalue weighted by atomic mass is 9.90. The van der Waals surface area contributed by atoms with E-state index < -0.39 is 0 Å². The molecule has 1 atom stereocenters. The summed E-state index contributed by atoms with van der Waals surface area (Å²) in [7, 11) is 0. The van der Waals surface area contributed by atoms with E-state index in [4.69, 9.17) is 11.6 Å². The van der Waals surface area contributed by atoms with Crippen molar-refractivity contribution in [1.29, 1.82) is 0 Å². The maximum atomic E-state index is 10.1. The number of phenols is 1. The number of aromatic hydroxyl groups is 1. The van der Waals surface area contributed by atoms with E-state index >= 15 is 0 Å². The van der Waals surface area contributed by atoms with Gasteiger partial charge in [-0.3, -0.25) is 10.00 Å². The summed E-state index contributed by atoms with van der Waals surface area (Å²) >= 11 is 6.07. The highest BCUT2D eigenvalue weighted by Gasteiger charge is 2.25. The summed E-state index contributed by atoms with van der Waals surface area (Å²) < 4.78 is 0. The number of aromatic amines is 1. The highest BCUT2D eigenvalue weighted by molar-refractivity contribution is 6.30. The second kappa shape index (κ2) is 7.58. The Labute approximate surface area is 148 Å². The first-order chi connectivity index (χ1) is 11.5. The van der Waals surface area contributed by atoms with Crippen LogP contribution in [-0.4, -0.2) is 33.3 Å². The number of rotatable bonds is 5. The minimum absolute atomic E-state index is 0.323. The third-order valence-electron chi connectivity index (χ3n) is 4.73. The van der Waals surface area contributed by atoms with Crippen LogP contribution in [-0.2, 0) is 13.0 Å². The predicted octanol–water partition coefficient (Wildman–Crippen LogP) is 4.35. The Morgan fingerprint density at radius 1 is 1.38 bits per heavy atom. The molecule has 1 saturated heterocycles. The Morgan fingerprint density at radius 2 is 2.21 bits per heavy atom. The lowest BCUT2D eigenvalue weighted by Gasteiger charge is -2.33. The quantitative estimate of drug-likeness (QED) is 0.845. The number of phenolic OH excluding ortho intramolecular Hbond substituents is 1. The van der Waals surface area contributed by atoms with Crippen LogP contribution in [0.15, 0.2) is 24.4 Å². The molecular formula is C19H26ClN3O. The molecule has 0 saturated carbocycles. The molecule has 1 aliphatic rings. The first kappa shape index (κ1) is 17.3. The average molecular weight is 348 g/mol. The van der Waals surface area contributed by atoms with E-state index in [1.807, 2.05) is 12.3 Å². The van der Waals surface area contributed by atoms with Gasteiger partial charge in [0.25, 0.3) is 0 Å². The fourth-order valence-electron chi connectivity index (χ4n) is 3.63. The number of H-pyrrole nitrogens is 1. The molecule has 2 aromatic rings. The lowest BCUT2D eigenvalue weighted by Crippen LogP contribution is -2.34. The minimum atomic E-state index is 0.323. The zero-order chi connectivity index (χ0) is 17.1. The summed E-state index contributed by atoms with van der Waals surface area (Å²) in [5, 5.41) is 18.3. The summed E-state index contributed by atoms with van der Waals surface area (Å²) in [5.74, 6) is 1.43. The number of piperidine rings is 1. The van der Waals surface area contributed by atoms with Crippen LogP contribution in [0.4, 0.5) is 0 Å². The highest BCUT2D eigenvalue weighted by atomic mass is 35.5. The largest absolute Gasteiger partial charge is 0.508 e. The fourth-order valence-corrected chi connectivity index (χ4v) is 3.83. The standard InChI is InChI=1S/C19H26ClN3O/c1-13(2)8-15-10-21-22-19(15)14-4-3-7-23(11-14)12-16-9-17(20)5-6-18(16)24/h5-6,9-10,13-14,24H,3-4,7-8,11-12H2,1-2H3,(H,21,22)/t14-/m1/s1. The molecule has 24 heavy (non-hydrogen) atoms. The van der Waals surface area contributed by atoms with Crippen molar-refractivity contribution >= 4 is 11.6 Å². The number of likely N-dealkylation sites (tertiary alicyclic amines) is 1. The van der Waals surface area contributed by atoms with Gasteiger partial charge in [-0.15, -0.1) is 0 Å². The van der Waals surface area contributed by atoms with Crippen molar-refractivity contribution in [2.24, 2.45) is 5.92 Å². The Hall–Kier alpha value is -1.52. The fraction of sp³-hybridized carbons (Fsp3) is 0.526. The Balaban J connectivity index is 1.71. The topological polar surface area (TPSA) is 52.2 Å². The molecule has 0 amide bonds. The number of benzene rings is 1. The van der Waals surface area contributed by atoms with E-state index in [1.165, 1.54) is 17.7 Å². The first-order valence-corrected chi connectivity index (χ1v) is 9.12. The maximum absolute atomic E-state index is 10.1. The van der Waals surface area contributed by atoms with Crippen LogP contribution in [0.2, 0.25) is 5.02 Å². The molecule has 5 heteroatoms. The number of hydrogen-bond donors (Lipinski definition) is 2. The number of aromatic nitrogens is 2. The molecule has 130 valence electrons. The van der Waals surface area contributed by atoms with E-state index in [1.54, 1.807) is 12.1 Å². The molecule has 0 spiro atoms. The van der Waals surface area contributed by atoms with Crippen molar-refractivity contribution in [2.75, 3.05) is 13.1 Å². The van der Waals surface area contributed by atoms with Gasteiger partial charge in [-0.1, -0.05) is 25.4 Å². The van der Waals surface area contributed by atoms with E-state index in [2.05, 4.69) is 28.9 Å². The zero-order valence-electron chi connectivity index (χ0n) is 14.4. The summed E-state index contributed by atoms with van der Waals surface area (Å²) in [6.45, 7) is 7.25. The Bertz CT molecular complexity index is 683. The highest BCUT2D eigenvalue weighted by Crippen LogP contribution is 2.31. The monoisotopic (exact) mass is 347 g/mol. The van der Waals surface area contributed by atoms with Crippen LogP contribution in [0.5, 0.6) is 5.75 Å². The van der Waals surface area contributed by atoms with E-state index in [0.29, 0.717) is 22.6 Å². The molecule has 2 heterocycles. The summed E-state index contributed by atoms with van der Waals surface area (Å²) in [4.78, 5) is 2.40. The van der Waals surface area contributed by atoms with Gasteiger partial charge in [0, 0.05) is 35.3 Å². The molecule has 1 aliphatic heterocycles. The molecule has 2 N–H and O–H groups in total. The van der Waals surface area contributed by atoms with E-state index in [-0.39, 0.29) is 0 Å². The number of nitrogens with one attached hydrogen (secondary N) is 1. The van der Waals surface area contributed by atoms with Crippen molar-refractivity contribution in [3.05, 3.63) is 46.2 Å². The molecule has 1 aromatic heterocycles. The SMILES string of the molecule is CC(C)Cc1cn[nH]c1[C@@H]1CCCN(Cc2cc(Cl)ccc2O)C1. The maximum Gasteiger partial charge on any atom is 0.120 e. The van der Waals surface area contributed by atoms with Gasteiger partial charge >= 0.3 is 0 Å². The van der Waals surface area contributed by atoms with Gasteiger partial charge in [0.2, 0.25) is 0 Å². The molecule has 0 bridgehead atoms. The summed E-state index contributed by atoms with van der Waals surface area (Å²) in [6.07, 6.45) is 5.39. The van der Waals surface area contributed by atoms with Gasteiger partial charge < -0.3 is 5.11 Å².